The molecule has 2 aliphatic heterocycles. The maximum absolute atomic E-state index is 4.72. The first-order valence-electron chi connectivity index (χ1n) is 12.4. The highest BCUT2D eigenvalue weighted by molar-refractivity contribution is 5.79. The Morgan fingerprint density at radius 2 is 1.73 bits per heavy atom. The number of nitrogens with one attached hydrogen (secondary N) is 2. The molecule has 7 nitrogen and oxygen atoms in total. The van der Waals surface area contributed by atoms with Gasteiger partial charge in [-0.2, -0.15) is 0 Å². The number of likely N-dealkylation sites (tertiary alicyclic amines) is 1. The first-order valence-corrected chi connectivity index (χ1v) is 12.4. The number of pyridine rings is 1. The summed E-state index contributed by atoms with van der Waals surface area (Å²) in [4.78, 5) is 16.6. The second-order valence-electron chi connectivity index (χ2n) is 8.92. The van der Waals surface area contributed by atoms with E-state index in [2.05, 4.69) is 79.7 Å². The SMILES string of the molecule is CCN1CCN(c2ccc(CNC(=NC)NCC(c3ccccc3)N3CCCC3)cn2)CC1. The van der Waals surface area contributed by atoms with Crippen LogP contribution in [0.1, 0.15) is 36.9 Å². The van der Waals surface area contributed by atoms with Crippen LogP contribution >= 0.6 is 0 Å². The average molecular weight is 450 g/mol. The Morgan fingerprint density at radius 1 is 0.970 bits per heavy atom. The number of aliphatic imine (C=N–C) groups is 1. The maximum atomic E-state index is 4.72. The van der Waals surface area contributed by atoms with Crippen molar-refractivity contribution in [3.63, 3.8) is 0 Å². The predicted octanol–water partition coefficient (Wildman–Crippen LogP) is 2.73. The highest BCUT2D eigenvalue weighted by atomic mass is 15.3. The fraction of sp³-hybridized carbons (Fsp3) is 0.538. The van der Waals surface area contributed by atoms with Gasteiger partial charge in [-0.05, 0) is 49.7 Å². The van der Waals surface area contributed by atoms with Gasteiger partial charge in [0.15, 0.2) is 5.96 Å². The number of benzene rings is 1. The standard InChI is InChI=1S/C26H39N7/c1-3-31-15-17-33(18-16-31)25-12-11-22(19-28-25)20-29-26(27-2)30-21-24(32-13-7-8-14-32)23-9-5-4-6-10-23/h4-6,9-12,19,24H,3,7-8,13-18,20-21H2,1-2H3,(H2,27,29,30). The minimum absolute atomic E-state index is 0.362. The van der Waals surface area contributed by atoms with Gasteiger partial charge in [-0.3, -0.25) is 9.89 Å². The van der Waals surface area contributed by atoms with Crippen molar-refractivity contribution in [3.8, 4) is 0 Å². The van der Waals surface area contributed by atoms with E-state index in [9.17, 15) is 0 Å². The quantitative estimate of drug-likeness (QED) is 0.477. The molecule has 2 aromatic rings. The Hall–Kier alpha value is -2.64. The van der Waals surface area contributed by atoms with Crippen LogP contribution in [-0.4, -0.2) is 80.1 Å². The lowest BCUT2D eigenvalue weighted by atomic mass is 10.1. The minimum atomic E-state index is 0.362. The van der Waals surface area contributed by atoms with Crippen LogP contribution in [0.25, 0.3) is 0 Å². The average Bonchev–Trinajstić information content (AvgIpc) is 3.42. The highest BCUT2D eigenvalue weighted by Gasteiger charge is 2.23. The Bertz CT molecular complexity index is 854. The van der Waals surface area contributed by atoms with E-state index in [1.165, 1.54) is 31.5 Å². The van der Waals surface area contributed by atoms with Gasteiger partial charge >= 0.3 is 0 Å². The van der Waals surface area contributed by atoms with Gasteiger partial charge in [0.05, 0.1) is 6.04 Å². The van der Waals surface area contributed by atoms with E-state index in [1.54, 1.807) is 0 Å². The van der Waals surface area contributed by atoms with Gasteiger partial charge in [0.25, 0.3) is 0 Å². The van der Waals surface area contributed by atoms with E-state index in [4.69, 9.17) is 4.98 Å². The molecule has 0 saturated carbocycles. The molecule has 2 fully saturated rings. The number of hydrogen-bond acceptors (Lipinski definition) is 5. The summed E-state index contributed by atoms with van der Waals surface area (Å²) in [7, 11) is 1.83. The fourth-order valence-corrected chi connectivity index (χ4v) is 4.79. The molecule has 0 amide bonds. The van der Waals surface area contributed by atoms with Gasteiger partial charge in [0, 0.05) is 52.5 Å². The predicted molar refractivity (Wildman–Crippen MR) is 137 cm³/mol. The highest BCUT2D eigenvalue weighted by Crippen LogP contribution is 2.24. The van der Waals surface area contributed by atoms with Gasteiger partial charge in [-0.1, -0.05) is 43.3 Å². The lowest BCUT2D eigenvalue weighted by Crippen LogP contribution is -2.46. The molecule has 1 atom stereocenters. The molecule has 1 unspecified atom stereocenters. The molecule has 1 aromatic carbocycles. The smallest absolute Gasteiger partial charge is 0.191 e. The van der Waals surface area contributed by atoms with Crippen LogP contribution in [-0.2, 0) is 6.54 Å². The minimum Gasteiger partial charge on any atom is -0.354 e. The van der Waals surface area contributed by atoms with E-state index in [0.29, 0.717) is 12.6 Å². The summed E-state index contributed by atoms with van der Waals surface area (Å²) < 4.78 is 0. The zero-order valence-electron chi connectivity index (χ0n) is 20.2. The van der Waals surface area contributed by atoms with Gasteiger partial charge in [0.1, 0.15) is 5.82 Å². The van der Waals surface area contributed by atoms with Crippen molar-refractivity contribution in [2.24, 2.45) is 4.99 Å². The third kappa shape index (κ3) is 6.45. The summed E-state index contributed by atoms with van der Waals surface area (Å²) >= 11 is 0. The van der Waals surface area contributed by atoms with Gasteiger partial charge in [-0.15, -0.1) is 0 Å². The molecule has 2 saturated heterocycles. The molecule has 2 N–H and O–H groups in total. The topological polar surface area (TPSA) is 59.0 Å². The van der Waals surface area contributed by atoms with Crippen LogP contribution < -0.4 is 15.5 Å². The van der Waals surface area contributed by atoms with Crippen molar-refractivity contribution >= 4 is 11.8 Å². The number of likely N-dealkylation sites (N-methyl/N-ethyl adjacent to an activating group) is 1. The molecule has 0 aliphatic carbocycles. The van der Waals surface area contributed by atoms with Crippen molar-refractivity contribution in [3.05, 3.63) is 59.8 Å². The normalized spacial score (nSPS) is 19.0. The number of rotatable bonds is 8. The van der Waals surface area contributed by atoms with Crippen molar-refractivity contribution in [1.29, 1.82) is 0 Å². The number of guanidine groups is 1. The summed E-state index contributed by atoms with van der Waals surface area (Å²) in [5.41, 5.74) is 2.52. The zero-order chi connectivity index (χ0) is 22.9. The Morgan fingerprint density at radius 3 is 2.36 bits per heavy atom. The number of nitrogens with zero attached hydrogens (tertiary/aromatic N) is 5. The second kappa shape index (κ2) is 12.0. The molecule has 0 radical (unpaired) electrons. The van der Waals surface area contributed by atoms with Crippen molar-refractivity contribution in [2.45, 2.75) is 32.4 Å². The molecule has 3 heterocycles. The summed E-state index contributed by atoms with van der Waals surface area (Å²) in [6.07, 6.45) is 4.56. The first-order chi connectivity index (χ1) is 16.3. The van der Waals surface area contributed by atoms with Crippen molar-refractivity contribution in [2.75, 3.05) is 64.3 Å². The first kappa shape index (κ1) is 23.5. The fourth-order valence-electron chi connectivity index (χ4n) is 4.79. The molecule has 2 aliphatic rings. The van der Waals surface area contributed by atoms with E-state index >= 15 is 0 Å². The Balaban J connectivity index is 1.28. The number of hydrogen-bond donors (Lipinski definition) is 2. The van der Waals surface area contributed by atoms with Crippen LogP contribution in [0.2, 0.25) is 0 Å². The maximum Gasteiger partial charge on any atom is 0.191 e. The number of aromatic nitrogens is 1. The lowest BCUT2D eigenvalue weighted by molar-refractivity contribution is 0.245. The van der Waals surface area contributed by atoms with E-state index in [1.807, 2.05) is 13.2 Å². The van der Waals surface area contributed by atoms with Crippen LogP contribution in [0.5, 0.6) is 0 Å². The van der Waals surface area contributed by atoms with Crippen molar-refractivity contribution in [1.82, 2.24) is 25.4 Å². The van der Waals surface area contributed by atoms with Gasteiger partial charge < -0.3 is 20.4 Å². The van der Waals surface area contributed by atoms with Crippen LogP contribution in [0.3, 0.4) is 0 Å². The molecule has 0 bridgehead atoms. The summed E-state index contributed by atoms with van der Waals surface area (Å²) in [5, 5.41) is 7.01. The summed E-state index contributed by atoms with van der Waals surface area (Å²) in [6.45, 7) is 11.6. The van der Waals surface area contributed by atoms with Crippen LogP contribution in [0.15, 0.2) is 53.7 Å². The Kier molecular flexibility index (Phi) is 8.55. The molecule has 0 spiro atoms. The molecule has 7 heteroatoms. The van der Waals surface area contributed by atoms with Gasteiger partial charge in [-0.25, -0.2) is 4.98 Å². The third-order valence-corrected chi connectivity index (χ3v) is 6.86. The van der Waals surface area contributed by atoms with Crippen LogP contribution in [0, 0.1) is 0 Å². The van der Waals surface area contributed by atoms with E-state index in [0.717, 1.165) is 56.6 Å². The molecule has 33 heavy (non-hydrogen) atoms. The zero-order valence-corrected chi connectivity index (χ0v) is 20.2. The molecular formula is C26H39N7. The number of anilines is 1. The van der Waals surface area contributed by atoms with Crippen molar-refractivity contribution < 1.29 is 0 Å². The molecular weight excluding hydrogens is 410 g/mol. The Labute approximate surface area is 198 Å². The molecule has 4 rings (SSSR count). The largest absolute Gasteiger partial charge is 0.354 e. The third-order valence-electron chi connectivity index (χ3n) is 6.86. The summed E-state index contributed by atoms with van der Waals surface area (Å²) in [5.74, 6) is 1.91. The molecule has 178 valence electrons. The monoisotopic (exact) mass is 449 g/mol. The summed E-state index contributed by atoms with van der Waals surface area (Å²) in [6, 6.07) is 15.5. The van der Waals surface area contributed by atoms with Crippen LogP contribution in [0.4, 0.5) is 5.82 Å². The number of piperazine rings is 1. The van der Waals surface area contributed by atoms with E-state index < -0.39 is 0 Å². The van der Waals surface area contributed by atoms with E-state index in [-0.39, 0.29) is 0 Å². The second-order valence-corrected chi connectivity index (χ2v) is 8.92. The molecule has 1 aromatic heterocycles. The lowest BCUT2D eigenvalue weighted by Gasteiger charge is -2.34. The van der Waals surface area contributed by atoms with Gasteiger partial charge in [0.2, 0.25) is 0 Å².